The van der Waals surface area contributed by atoms with Gasteiger partial charge in [-0.2, -0.15) is 0 Å². The number of pyridine rings is 9. The van der Waals surface area contributed by atoms with E-state index in [2.05, 4.69) is 54.6 Å². The number of aromatic nitrogens is 9. The molecule has 9 aromatic heterocycles. The summed E-state index contributed by atoms with van der Waals surface area (Å²) in [5, 5.41) is 36.8. The van der Waals surface area contributed by atoms with Crippen LogP contribution in [0.15, 0.2) is 162 Å². The first-order chi connectivity index (χ1) is 65.2. The molecule has 3 aromatic carbocycles. The molecule has 712 valence electrons. The van der Waals surface area contributed by atoms with Gasteiger partial charge in [0.2, 0.25) is 23.6 Å². The van der Waals surface area contributed by atoms with Crippen LogP contribution in [0.5, 0.6) is 17.2 Å². The Hall–Kier alpha value is -13.7. The highest BCUT2D eigenvalue weighted by atomic mass is 35.5. The van der Waals surface area contributed by atoms with Crippen molar-refractivity contribution in [3.63, 3.8) is 0 Å². The lowest BCUT2D eigenvalue weighted by Gasteiger charge is -2.52. The summed E-state index contributed by atoms with van der Waals surface area (Å²) >= 11 is 20.6. The second kappa shape index (κ2) is 38.1. The van der Waals surface area contributed by atoms with E-state index in [9.17, 15) is 44.1 Å². The first-order valence-corrected chi connectivity index (χ1v) is 46.5. The molecule has 35 heteroatoms. The van der Waals surface area contributed by atoms with Gasteiger partial charge in [0.1, 0.15) is 57.8 Å². The molecule has 0 saturated carbocycles. The number of phenols is 3. The van der Waals surface area contributed by atoms with Gasteiger partial charge >= 0.3 is 0 Å². The molecule has 15 heterocycles. The van der Waals surface area contributed by atoms with Crippen LogP contribution >= 0.6 is 34.8 Å². The number of phenolic OH excluding ortho intramolecular Hbond substituents is 3. The SMILES string of the molecule is C=CC(=O)N1CC(C)N2c3c(c(=O)n(-c4c(C)ccnc4C(C)C)c4nc(-c5c(O)cccc5F)c(Cl)cc34)N(C)CC2C1.C=CC(=O)N1CC(C)N2c3c(c(=O)n(-c4c(C)ccnc4C(C)C)c4nc(-c5c(O)cccc5F)c(Cl)cc34)N(CCCN(C)C)CC2C1.C=CC(=O)N1CC(C)N2c3c(c(=O)n(-c4c(C)ccnc4C(C)C)c4nc(-c5c(O)cccc5F)c(Cl)cc34)NC(=O)C2C1. The minimum atomic E-state index is -0.811. The van der Waals surface area contributed by atoms with Crippen LogP contribution in [0.25, 0.3) is 83.9 Å². The molecule has 137 heavy (non-hydrogen) atoms. The molecule has 6 atom stereocenters. The van der Waals surface area contributed by atoms with Crippen LogP contribution in [0.3, 0.4) is 0 Å². The number of fused-ring (bicyclic) bond motifs is 15. The molecule has 18 rings (SSSR count). The number of piperazine rings is 3. The van der Waals surface area contributed by atoms with Gasteiger partial charge in [-0.15, -0.1) is 0 Å². The number of likely N-dealkylation sites (N-methyl/N-ethyl adjacent to an activating group) is 1. The summed E-state index contributed by atoms with van der Waals surface area (Å²) in [7, 11) is 5.91. The molecular formula is C102H107Cl3F3N19O10. The predicted molar refractivity (Wildman–Crippen MR) is 533 cm³/mol. The summed E-state index contributed by atoms with van der Waals surface area (Å²) < 4.78 is 50.2. The van der Waals surface area contributed by atoms with E-state index in [4.69, 9.17) is 54.7 Å². The Morgan fingerprint density at radius 2 is 0.825 bits per heavy atom. The number of carbonyl (C=O) groups excluding carboxylic acids is 4. The molecular weight excluding hydrogens is 1810 g/mol. The molecule has 4 N–H and O–H groups in total. The average molecular weight is 1920 g/mol. The lowest BCUT2D eigenvalue weighted by molar-refractivity contribution is -0.129. The summed E-state index contributed by atoms with van der Waals surface area (Å²) in [5.41, 5.74) is 7.88. The Labute approximate surface area is 804 Å². The number of benzene rings is 3. The number of rotatable bonds is 16. The number of aromatic hydroxyl groups is 3. The van der Waals surface area contributed by atoms with E-state index in [0.717, 1.165) is 29.7 Å². The quantitative estimate of drug-likeness (QED) is 0.0653. The number of carbonyl (C=O) groups is 4. The van der Waals surface area contributed by atoms with E-state index < -0.39 is 35.0 Å². The Kier molecular flexibility index (Phi) is 26.8. The van der Waals surface area contributed by atoms with Gasteiger partial charge < -0.3 is 64.7 Å². The monoisotopic (exact) mass is 1920 g/mol. The fourth-order valence-corrected chi connectivity index (χ4v) is 21.1. The van der Waals surface area contributed by atoms with Crippen molar-refractivity contribution < 1.29 is 47.7 Å². The van der Waals surface area contributed by atoms with Gasteiger partial charge in [-0.05, 0) is 194 Å². The van der Waals surface area contributed by atoms with Crippen molar-refractivity contribution in [2.45, 2.75) is 144 Å². The Morgan fingerprint density at radius 3 is 1.20 bits per heavy atom. The molecule has 6 unspecified atom stereocenters. The number of aryl methyl sites for hydroxylation is 3. The van der Waals surface area contributed by atoms with E-state index in [-0.39, 0.29) is 179 Å². The maximum atomic E-state index is 15.4. The van der Waals surface area contributed by atoms with Gasteiger partial charge in [-0.1, -0.05) is 114 Å². The molecule has 12 aromatic rings. The van der Waals surface area contributed by atoms with Crippen LogP contribution in [0, 0.1) is 38.2 Å². The normalized spacial score (nSPS) is 17.8. The number of anilines is 6. The topological polar surface area (TPSA) is 314 Å². The standard InChI is InChI=1S/C37H43ClFN7O3.C33H34ClFN6O3.C32H30ClFN6O4/c1-8-29(48)44-18-23(5)45-24(20-44)19-43(16-10-15-42(6)7)35-34(45)25-17-26(38)32(30-27(39)11-9-12-28(30)47)41-36(25)46(37(35)49)33-22(4)13-14-40-31(33)21(2)3;1-7-25(43)39-14-19(5)40-20(16-39)15-38(6)31-30(40)21-13-22(34)28(26-23(35)9-8-10-24(26)42)37-32(21)41(33(31)44)29-18(4)11-12-36-27(29)17(2)3;1-6-23(42)38-13-17(5)39-21(14-38)31(43)37-27-29(39)18-12-19(33)26(24-20(34)8-7-9-22(24)41)36-30(18)40(32(27)44)28-16(4)10-11-35-25(28)15(2)3/h8-9,11-14,17,21,23-24,47H,1,10,15-16,18-20H2,2-7H3;7-13,17,19-20,42H,1,14-16H2,2-6H3;6-12,15,17,21,41H,1,13-14H2,2-5H3,(H,37,43). The smallest absolute Gasteiger partial charge is 0.282 e. The number of hydrogen-bond donors (Lipinski definition) is 4. The maximum Gasteiger partial charge on any atom is 0.282 e. The number of hydrogen-bond acceptors (Lipinski definition) is 22. The van der Waals surface area contributed by atoms with Gasteiger partial charge in [-0.25, -0.2) is 28.1 Å². The molecule has 0 aliphatic carbocycles. The molecule has 0 spiro atoms. The highest BCUT2D eigenvalue weighted by Gasteiger charge is 2.48. The van der Waals surface area contributed by atoms with Crippen LogP contribution in [-0.4, -0.2) is 225 Å². The fraction of sp³-hybridized carbons (Fsp3) is 0.343. The summed E-state index contributed by atoms with van der Waals surface area (Å²) in [4.78, 5) is 142. The van der Waals surface area contributed by atoms with Crippen LogP contribution in [0.4, 0.5) is 47.3 Å². The van der Waals surface area contributed by atoms with Crippen LogP contribution in [0.1, 0.15) is 120 Å². The van der Waals surface area contributed by atoms with Crippen LogP contribution < -0.4 is 46.5 Å². The van der Waals surface area contributed by atoms with Gasteiger partial charge in [0.25, 0.3) is 16.7 Å². The summed E-state index contributed by atoms with van der Waals surface area (Å²) in [6.45, 7) is 39.1. The second-order valence-corrected chi connectivity index (χ2v) is 38.2. The molecule has 0 radical (unpaired) electrons. The number of amides is 4. The molecule has 6 aliphatic rings. The third-order valence-electron chi connectivity index (χ3n) is 26.3. The van der Waals surface area contributed by atoms with Crippen molar-refractivity contribution >= 4 is 126 Å². The molecule has 6 aliphatic heterocycles. The average Bonchev–Trinajstić information content (AvgIpc) is 0.715. The second-order valence-electron chi connectivity index (χ2n) is 37.0. The third kappa shape index (κ3) is 17.0. The maximum absolute atomic E-state index is 15.4. The minimum Gasteiger partial charge on any atom is -0.507 e. The summed E-state index contributed by atoms with van der Waals surface area (Å²) in [6, 6.07) is 20.6. The molecule has 0 bridgehead atoms. The highest BCUT2D eigenvalue weighted by Crippen LogP contribution is 2.51. The minimum absolute atomic E-state index is 0.0191. The van der Waals surface area contributed by atoms with E-state index in [1.807, 2.05) is 131 Å². The van der Waals surface area contributed by atoms with Crippen LogP contribution in [0.2, 0.25) is 15.1 Å². The van der Waals surface area contributed by atoms with Crippen LogP contribution in [-0.2, 0) is 19.2 Å². The fourth-order valence-electron chi connectivity index (χ4n) is 20.4. The van der Waals surface area contributed by atoms with E-state index in [1.54, 1.807) is 61.8 Å². The number of halogens is 6. The highest BCUT2D eigenvalue weighted by molar-refractivity contribution is 6.35. The Bertz CT molecular complexity index is 7150. The summed E-state index contributed by atoms with van der Waals surface area (Å²) in [5.74, 6) is -4.30. The lowest BCUT2D eigenvalue weighted by Crippen LogP contribution is -2.65. The Balaban J connectivity index is 0.000000149. The lowest BCUT2D eigenvalue weighted by atomic mass is 9.97. The molecule has 29 nitrogen and oxygen atoms in total. The van der Waals surface area contributed by atoms with Crippen molar-refractivity contribution in [3.8, 4) is 68.1 Å². The molecule has 3 saturated heterocycles. The third-order valence-corrected chi connectivity index (χ3v) is 27.2. The van der Waals surface area contributed by atoms with E-state index in [0.29, 0.717) is 125 Å². The first-order valence-electron chi connectivity index (χ1n) is 45.4. The van der Waals surface area contributed by atoms with Crippen molar-refractivity contribution in [1.29, 1.82) is 0 Å². The van der Waals surface area contributed by atoms with Crippen molar-refractivity contribution in [2.75, 3.05) is 116 Å². The Morgan fingerprint density at radius 1 is 0.474 bits per heavy atom. The largest absolute Gasteiger partial charge is 0.507 e. The molecule has 3 fully saturated rings. The summed E-state index contributed by atoms with van der Waals surface area (Å²) in [6.07, 6.45) is 9.78. The number of nitrogens with zero attached hydrogens (tertiary/aromatic N) is 18. The van der Waals surface area contributed by atoms with Gasteiger partial charge in [0.05, 0.1) is 119 Å². The zero-order chi connectivity index (χ0) is 98.5. The van der Waals surface area contributed by atoms with Crippen molar-refractivity contribution in [3.05, 3.63) is 245 Å². The predicted octanol–water partition coefficient (Wildman–Crippen LogP) is 16.1. The first kappa shape index (κ1) is 96.4. The van der Waals surface area contributed by atoms with E-state index in [1.165, 1.54) is 77.4 Å². The number of nitrogens with one attached hydrogen (secondary N) is 1. The zero-order valence-corrected chi connectivity index (χ0v) is 81.0. The molecule has 4 amide bonds. The van der Waals surface area contributed by atoms with Crippen molar-refractivity contribution in [1.82, 2.24) is 63.2 Å². The zero-order valence-electron chi connectivity index (χ0n) is 78.7. The van der Waals surface area contributed by atoms with Gasteiger partial charge in [0, 0.05) is 112 Å². The van der Waals surface area contributed by atoms with Gasteiger partial charge in [-0.3, -0.25) is 62.2 Å². The van der Waals surface area contributed by atoms with Gasteiger partial charge in [0.15, 0.2) is 16.9 Å². The van der Waals surface area contributed by atoms with Crippen molar-refractivity contribution in [2.24, 2.45) is 0 Å². The van der Waals surface area contributed by atoms with E-state index >= 15 is 18.0 Å².